The number of hydrogen-bond donors (Lipinski definition) is 1. The van der Waals surface area contributed by atoms with Gasteiger partial charge in [0.25, 0.3) is 5.91 Å². The van der Waals surface area contributed by atoms with E-state index in [2.05, 4.69) is 15.3 Å². The summed E-state index contributed by atoms with van der Waals surface area (Å²) >= 11 is 5.96. The van der Waals surface area contributed by atoms with Crippen molar-refractivity contribution in [3.8, 4) is 0 Å². The van der Waals surface area contributed by atoms with Gasteiger partial charge in [-0.15, -0.1) is 0 Å². The van der Waals surface area contributed by atoms with Crippen molar-refractivity contribution < 1.29 is 14.3 Å². The Hall–Kier alpha value is -2.22. The number of amides is 1. The summed E-state index contributed by atoms with van der Waals surface area (Å²) in [5.41, 5.74) is 1.25. The lowest BCUT2D eigenvalue weighted by Gasteiger charge is -2.37. The molecule has 3 heterocycles. The molecule has 0 atom stereocenters. The van der Waals surface area contributed by atoms with Crippen LogP contribution in [0.2, 0.25) is 5.02 Å². The van der Waals surface area contributed by atoms with Crippen LogP contribution in [0.5, 0.6) is 0 Å². The normalized spacial score (nSPS) is 18.9. The summed E-state index contributed by atoms with van der Waals surface area (Å²) in [6.07, 6.45) is 4.45. The van der Waals surface area contributed by atoms with E-state index in [9.17, 15) is 4.79 Å². The van der Waals surface area contributed by atoms with E-state index in [0.29, 0.717) is 55.7 Å². The molecule has 0 aliphatic carbocycles. The Balaban J connectivity index is 1.38. The van der Waals surface area contributed by atoms with Crippen molar-refractivity contribution in [2.45, 2.75) is 18.6 Å². The predicted molar refractivity (Wildman–Crippen MR) is 96.5 cm³/mol. The lowest BCUT2D eigenvalue weighted by atomic mass is 10.0. The van der Waals surface area contributed by atoms with Gasteiger partial charge in [-0.25, -0.2) is 9.97 Å². The molecule has 2 aromatic rings. The van der Waals surface area contributed by atoms with Crippen molar-refractivity contribution in [1.82, 2.24) is 14.9 Å². The van der Waals surface area contributed by atoms with E-state index in [1.807, 2.05) is 12.1 Å². The van der Waals surface area contributed by atoms with Crippen molar-refractivity contribution in [2.75, 3.05) is 31.6 Å². The summed E-state index contributed by atoms with van der Waals surface area (Å²) in [4.78, 5) is 22.9. The van der Waals surface area contributed by atoms with Crippen LogP contribution in [0.3, 0.4) is 0 Å². The van der Waals surface area contributed by atoms with Gasteiger partial charge in [0.1, 0.15) is 0 Å². The summed E-state index contributed by atoms with van der Waals surface area (Å²) in [6.45, 7) is 2.45. The molecular formula is C18H19ClN4O3. The molecule has 136 valence electrons. The zero-order valence-corrected chi connectivity index (χ0v) is 14.9. The molecule has 2 aliphatic rings. The Morgan fingerprint density at radius 2 is 1.85 bits per heavy atom. The number of anilines is 2. The maximum Gasteiger partial charge on any atom is 0.256 e. The Bertz CT molecular complexity index is 783. The Kier molecular flexibility index (Phi) is 4.76. The van der Waals surface area contributed by atoms with E-state index in [1.54, 1.807) is 17.0 Å². The van der Waals surface area contributed by atoms with E-state index in [1.165, 1.54) is 12.4 Å². The Labute approximate surface area is 156 Å². The minimum absolute atomic E-state index is 0.0767. The van der Waals surface area contributed by atoms with Gasteiger partial charge in [0.05, 0.1) is 18.8 Å². The fourth-order valence-corrected chi connectivity index (χ4v) is 3.41. The highest BCUT2D eigenvalue weighted by Crippen LogP contribution is 2.31. The van der Waals surface area contributed by atoms with Crippen molar-refractivity contribution in [1.29, 1.82) is 0 Å². The molecule has 0 unspecified atom stereocenters. The van der Waals surface area contributed by atoms with Gasteiger partial charge in [0.15, 0.2) is 5.79 Å². The van der Waals surface area contributed by atoms with E-state index in [-0.39, 0.29) is 5.91 Å². The fourth-order valence-electron chi connectivity index (χ4n) is 3.22. The molecule has 0 radical (unpaired) electrons. The third-order valence-electron chi connectivity index (χ3n) is 4.61. The summed E-state index contributed by atoms with van der Waals surface area (Å²) < 4.78 is 11.4. The van der Waals surface area contributed by atoms with Crippen LogP contribution in [0.25, 0.3) is 0 Å². The maximum absolute atomic E-state index is 12.6. The van der Waals surface area contributed by atoms with Crippen molar-refractivity contribution in [3.63, 3.8) is 0 Å². The number of nitrogens with one attached hydrogen (secondary N) is 1. The van der Waals surface area contributed by atoms with Gasteiger partial charge in [-0.1, -0.05) is 17.7 Å². The van der Waals surface area contributed by atoms with Gasteiger partial charge in [-0.2, -0.15) is 0 Å². The van der Waals surface area contributed by atoms with Gasteiger partial charge >= 0.3 is 0 Å². The average molecular weight is 375 g/mol. The van der Waals surface area contributed by atoms with E-state index >= 15 is 0 Å². The second kappa shape index (κ2) is 7.19. The summed E-state index contributed by atoms with van der Waals surface area (Å²) in [5, 5.41) is 3.68. The number of rotatable bonds is 3. The molecule has 0 bridgehead atoms. The number of piperidine rings is 1. The topological polar surface area (TPSA) is 76.6 Å². The number of ether oxygens (including phenoxy) is 2. The molecule has 2 aliphatic heterocycles. The van der Waals surface area contributed by atoms with Crippen LogP contribution in [0, 0.1) is 0 Å². The number of halogens is 1. The van der Waals surface area contributed by atoms with E-state index < -0.39 is 5.79 Å². The monoisotopic (exact) mass is 374 g/mol. The minimum atomic E-state index is -0.488. The van der Waals surface area contributed by atoms with Gasteiger partial charge in [0, 0.05) is 49.0 Å². The highest BCUT2D eigenvalue weighted by atomic mass is 35.5. The van der Waals surface area contributed by atoms with E-state index in [4.69, 9.17) is 21.1 Å². The Morgan fingerprint density at radius 1 is 1.15 bits per heavy atom. The zero-order chi connectivity index (χ0) is 18.0. The molecular weight excluding hydrogens is 356 g/mol. The number of carbonyl (C=O) groups excluding carboxylic acids is 1. The smallest absolute Gasteiger partial charge is 0.256 e. The first-order valence-corrected chi connectivity index (χ1v) is 8.93. The molecule has 4 rings (SSSR count). The number of carbonyl (C=O) groups is 1. The molecule has 1 spiro atoms. The average Bonchev–Trinajstić information content (AvgIpc) is 3.11. The van der Waals surface area contributed by atoms with Crippen molar-refractivity contribution >= 4 is 29.1 Å². The van der Waals surface area contributed by atoms with Gasteiger partial charge in [-0.05, 0) is 18.2 Å². The van der Waals surface area contributed by atoms with Crippen LogP contribution >= 0.6 is 11.6 Å². The third-order valence-corrected chi connectivity index (χ3v) is 4.84. The predicted octanol–water partition coefficient (Wildman–Crippen LogP) is 2.85. The van der Waals surface area contributed by atoms with E-state index in [0.717, 1.165) is 5.69 Å². The third kappa shape index (κ3) is 3.65. The Morgan fingerprint density at radius 3 is 2.50 bits per heavy atom. The largest absolute Gasteiger partial charge is 0.347 e. The van der Waals surface area contributed by atoms with Gasteiger partial charge in [-0.3, -0.25) is 4.79 Å². The maximum atomic E-state index is 12.6. The molecule has 7 nitrogen and oxygen atoms in total. The quantitative estimate of drug-likeness (QED) is 0.890. The lowest BCUT2D eigenvalue weighted by molar-refractivity contribution is -0.181. The number of hydrogen-bond acceptors (Lipinski definition) is 6. The SMILES string of the molecule is O=C(c1cnc(Nc2cccc(Cl)c2)nc1)N1CCC2(CC1)OCCO2. The van der Waals surface area contributed by atoms with Crippen molar-refractivity contribution in [3.05, 3.63) is 47.2 Å². The molecule has 8 heteroatoms. The highest BCUT2D eigenvalue weighted by molar-refractivity contribution is 6.30. The number of likely N-dealkylation sites (tertiary alicyclic amines) is 1. The van der Waals surface area contributed by atoms with Gasteiger partial charge in [0.2, 0.25) is 5.95 Å². The zero-order valence-electron chi connectivity index (χ0n) is 14.2. The summed E-state index contributed by atoms with van der Waals surface area (Å²) in [6, 6.07) is 7.27. The first-order valence-electron chi connectivity index (χ1n) is 8.55. The standard InChI is InChI=1S/C18H19ClN4O3/c19-14-2-1-3-15(10-14)22-17-20-11-13(12-21-17)16(24)23-6-4-18(5-7-23)25-8-9-26-18/h1-3,10-12H,4-9H2,(H,20,21,22). The molecule has 1 aromatic heterocycles. The van der Waals surface area contributed by atoms with Crippen LogP contribution in [0.15, 0.2) is 36.7 Å². The minimum Gasteiger partial charge on any atom is -0.347 e. The molecule has 1 N–H and O–H groups in total. The second-order valence-electron chi connectivity index (χ2n) is 6.33. The van der Waals surface area contributed by atoms with Gasteiger partial charge < -0.3 is 19.7 Å². The van der Waals surface area contributed by atoms with Crippen LogP contribution < -0.4 is 5.32 Å². The number of aromatic nitrogens is 2. The summed E-state index contributed by atoms with van der Waals surface area (Å²) in [5.74, 6) is -0.154. The van der Waals surface area contributed by atoms with Crippen LogP contribution in [0.4, 0.5) is 11.6 Å². The van der Waals surface area contributed by atoms with Crippen molar-refractivity contribution in [2.24, 2.45) is 0 Å². The molecule has 26 heavy (non-hydrogen) atoms. The molecule has 1 amide bonds. The summed E-state index contributed by atoms with van der Waals surface area (Å²) in [7, 11) is 0. The first-order chi connectivity index (χ1) is 12.6. The second-order valence-corrected chi connectivity index (χ2v) is 6.77. The highest BCUT2D eigenvalue weighted by Gasteiger charge is 2.40. The van der Waals surface area contributed by atoms with Crippen LogP contribution in [-0.2, 0) is 9.47 Å². The molecule has 1 aromatic carbocycles. The first kappa shape index (κ1) is 17.2. The molecule has 0 saturated carbocycles. The number of benzene rings is 1. The molecule has 2 saturated heterocycles. The lowest BCUT2D eigenvalue weighted by Crippen LogP contribution is -2.47. The van der Waals surface area contributed by atoms with Crippen LogP contribution in [0.1, 0.15) is 23.2 Å². The fraction of sp³-hybridized carbons (Fsp3) is 0.389. The molecule has 2 fully saturated rings. The van der Waals surface area contributed by atoms with Crippen LogP contribution in [-0.4, -0.2) is 52.9 Å². The number of nitrogens with zero attached hydrogens (tertiary/aromatic N) is 3.